The third-order valence-corrected chi connectivity index (χ3v) is 5.05. The molecule has 1 aromatic carbocycles. The Balaban J connectivity index is 1.32. The lowest BCUT2D eigenvalue weighted by Crippen LogP contribution is -2.34. The van der Waals surface area contributed by atoms with Crippen LogP contribution in [0.5, 0.6) is 0 Å². The molecule has 6 heteroatoms. The van der Waals surface area contributed by atoms with Crippen LogP contribution in [0.4, 0.5) is 0 Å². The lowest BCUT2D eigenvalue weighted by molar-refractivity contribution is -0.231. The van der Waals surface area contributed by atoms with Gasteiger partial charge in [0.25, 0.3) is 0 Å². The maximum Gasteiger partial charge on any atom is 0.309 e. The number of hydrogen-bond acceptors (Lipinski definition) is 6. The lowest BCUT2D eigenvalue weighted by Gasteiger charge is -2.23. The molecule has 0 aromatic heterocycles. The van der Waals surface area contributed by atoms with Gasteiger partial charge in [-0.2, -0.15) is 0 Å². The molecule has 0 spiro atoms. The number of rotatable bonds is 5. The molecule has 2 heterocycles. The van der Waals surface area contributed by atoms with Crippen molar-refractivity contribution >= 4 is 5.97 Å². The summed E-state index contributed by atoms with van der Waals surface area (Å²) in [4.78, 5) is 12.3. The minimum atomic E-state index is -0.687. The highest BCUT2D eigenvalue weighted by Gasteiger charge is 2.56. The van der Waals surface area contributed by atoms with Gasteiger partial charge in [-0.05, 0) is 31.7 Å². The number of benzene rings is 1. The quantitative estimate of drug-likeness (QED) is 0.761. The van der Waals surface area contributed by atoms with E-state index in [1.54, 1.807) is 7.11 Å². The van der Waals surface area contributed by atoms with E-state index < -0.39 is 12.1 Å². The average Bonchev–Trinajstić information content (AvgIpc) is 3.26. The first kappa shape index (κ1) is 17.0. The first-order valence-electron chi connectivity index (χ1n) is 8.74. The monoisotopic (exact) mass is 348 g/mol. The highest BCUT2D eigenvalue weighted by atomic mass is 16.8. The third kappa shape index (κ3) is 3.31. The van der Waals surface area contributed by atoms with Crippen molar-refractivity contribution in [1.29, 1.82) is 0 Å². The van der Waals surface area contributed by atoms with Gasteiger partial charge < -0.3 is 23.7 Å². The van der Waals surface area contributed by atoms with Crippen molar-refractivity contribution in [1.82, 2.24) is 0 Å². The van der Waals surface area contributed by atoms with Gasteiger partial charge in [-0.1, -0.05) is 30.3 Å². The summed E-state index contributed by atoms with van der Waals surface area (Å²) in [6.07, 6.45) is -0.644. The van der Waals surface area contributed by atoms with Crippen LogP contribution in [-0.2, 0) is 28.5 Å². The smallest absolute Gasteiger partial charge is 0.309 e. The maximum atomic E-state index is 12.3. The molecule has 2 aliphatic heterocycles. The Hall–Kier alpha value is -1.47. The number of fused-ring (bicyclic) bond motifs is 1. The molecular weight excluding hydrogens is 324 g/mol. The molecule has 1 aromatic rings. The summed E-state index contributed by atoms with van der Waals surface area (Å²) in [5.74, 6) is -0.654. The molecule has 1 saturated carbocycles. The van der Waals surface area contributed by atoms with Gasteiger partial charge in [-0.15, -0.1) is 0 Å². The van der Waals surface area contributed by atoms with Gasteiger partial charge in [0.2, 0.25) is 0 Å². The van der Waals surface area contributed by atoms with E-state index >= 15 is 0 Å². The highest BCUT2D eigenvalue weighted by Crippen LogP contribution is 2.48. The molecule has 136 valence electrons. The van der Waals surface area contributed by atoms with E-state index in [0.717, 1.165) is 6.42 Å². The number of esters is 1. The molecule has 25 heavy (non-hydrogen) atoms. The van der Waals surface area contributed by atoms with Gasteiger partial charge >= 0.3 is 5.97 Å². The van der Waals surface area contributed by atoms with Crippen molar-refractivity contribution in [3.8, 4) is 0 Å². The predicted molar refractivity (Wildman–Crippen MR) is 87.7 cm³/mol. The minimum Gasteiger partial charge on any atom is -0.463 e. The lowest BCUT2D eigenvalue weighted by atomic mass is 10.1. The van der Waals surface area contributed by atoms with E-state index in [4.69, 9.17) is 23.7 Å². The Morgan fingerprint density at radius 1 is 1.20 bits per heavy atom. The predicted octanol–water partition coefficient (Wildman–Crippen LogP) is 2.22. The van der Waals surface area contributed by atoms with Crippen LogP contribution in [0.2, 0.25) is 0 Å². The van der Waals surface area contributed by atoms with E-state index in [2.05, 4.69) is 12.1 Å². The van der Waals surface area contributed by atoms with E-state index in [1.807, 2.05) is 32.0 Å². The van der Waals surface area contributed by atoms with Gasteiger partial charge in [0.1, 0.15) is 24.9 Å². The molecule has 4 rings (SSSR count). The van der Waals surface area contributed by atoms with E-state index in [0.29, 0.717) is 0 Å². The third-order valence-electron chi connectivity index (χ3n) is 5.05. The Kier molecular flexibility index (Phi) is 4.32. The molecule has 0 unspecified atom stereocenters. The van der Waals surface area contributed by atoms with Crippen LogP contribution < -0.4 is 0 Å². The van der Waals surface area contributed by atoms with Crippen LogP contribution in [0, 0.1) is 5.92 Å². The van der Waals surface area contributed by atoms with Crippen molar-refractivity contribution in [2.75, 3.05) is 13.7 Å². The molecule has 1 aliphatic carbocycles. The van der Waals surface area contributed by atoms with Crippen LogP contribution >= 0.6 is 0 Å². The average molecular weight is 348 g/mol. The Bertz CT molecular complexity index is 630. The second kappa shape index (κ2) is 6.36. The first-order chi connectivity index (χ1) is 12.0. The van der Waals surface area contributed by atoms with Gasteiger partial charge in [0.15, 0.2) is 12.1 Å². The second-order valence-corrected chi connectivity index (χ2v) is 7.33. The minimum absolute atomic E-state index is 0.0602. The molecule has 3 aliphatic rings. The zero-order chi connectivity index (χ0) is 17.6. The SMILES string of the molecule is CO[C@@H]1O[C@H](COC(=O)[C@H]2C[C@@H]2c2ccccc2)[C@H]2OC(C)(C)O[C@@H]12. The van der Waals surface area contributed by atoms with E-state index in [1.165, 1.54) is 5.56 Å². The maximum absolute atomic E-state index is 12.3. The number of carbonyl (C=O) groups excluding carboxylic acids is 1. The van der Waals surface area contributed by atoms with Crippen LogP contribution in [0.1, 0.15) is 31.7 Å². The number of methoxy groups -OCH3 is 1. The summed E-state index contributed by atoms with van der Waals surface area (Å²) >= 11 is 0. The van der Waals surface area contributed by atoms with Crippen LogP contribution in [0.3, 0.4) is 0 Å². The second-order valence-electron chi connectivity index (χ2n) is 7.33. The van der Waals surface area contributed by atoms with Crippen molar-refractivity contribution < 1.29 is 28.5 Å². The Labute approximate surface area is 147 Å². The number of ether oxygens (including phenoxy) is 5. The van der Waals surface area contributed by atoms with Gasteiger partial charge in [-0.25, -0.2) is 0 Å². The molecule has 2 saturated heterocycles. The van der Waals surface area contributed by atoms with E-state index in [-0.39, 0.29) is 42.7 Å². The summed E-state index contributed by atoms with van der Waals surface area (Å²) in [5, 5.41) is 0. The summed E-state index contributed by atoms with van der Waals surface area (Å²) < 4.78 is 28.4. The number of carbonyl (C=O) groups is 1. The molecule has 6 atom stereocenters. The molecule has 0 N–H and O–H groups in total. The van der Waals surface area contributed by atoms with Crippen molar-refractivity contribution in [3.63, 3.8) is 0 Å². The molecule has 3 fully saturated rings. The largest absolute Gasteiger partial charge is 0.463 e. The fourth-order valence-corrected chi connectivity index (χ4v) is 3.76. The van der Waals surface area contributed by atoms with E-state index in [9.17, 15) is 4.79 Å². The van der Waals surface area contributed by atoms with Crippen molar-refractivity contribution in [3.05, 3.63) is 35.9 Å². The highest BCUT2D eigenvalue weighted by molar-refractivity contribution is 5.77. The molecule has 0 amide bonds. The fourth-order valence-electron chi connectivity index (χ4n) is 3.76. The zero-order valence-corrected chi connectivity index (χ0v) is 14.7. The summed E-state index contributed by atoms with van der Waals surface area (Å²) in [7, 11) is 1.57. The Morgan fingerprint density at radius 2 is 1.92 bits per heavy atom. The summed E-state index contributed by atoms with van der Waals surface area (Å²) in [5.41, 5.74) is 1.19. The number of hydrogen-bond donors (Lipinski definition) is 0. The summed E-state index contributed by atoms with van der Waals surface area (Å²) in [6, 6.07) is 10.1. The molecule has 0 bridgehead atoms. The fraction of sp³-hybridized carbons (Fsp3) is 0.632. The summed E-state index contributed by atoms with van der Waals surface area (Å²) in [6.45, 7) is 3.86. The normalized spacial score (nSPS) is 38.4. The zero-order valence-electron chi connectivity index (χ0n) is 14.7. The van der Waals surface area contributed by atoms with Gasteiger partial charge in [0.05, 0.1) is 5.92 Å². The van der Waals surface area contributed by atoms with Gasteiger partial charge in [-0.3, -0.25) is 4.79 Å². The molecule has 0 radical (unpaired) electrons. The van der Waals surface area contributed by atoms with Crippen LogP contribution in [-0.4, -0.2) is 50.1 Å². The Morgan fingerprint density at radius 3 is 2.64 bits per heavy atom. The first-order valence-corrected chi connectivity index (χ1v) is 8.74. The molecular formula is C19H24O6. The molecule has 6 nitrogen and oxygen atoms in total. The standard InChI is InChI=1S/C19H24O6/c1-19(2)24-15-14(23-18(21-3)16(15)25-19)10-22-17(20)13-9-12(13)11-7-5-4-6-8-11/h4-8,12-16,18H,9-10H2,1-3H3/t12-,13+,14-,15-,16-,18-/m1/s1. The van der Waals surface area contributed by atoms with Crippen molar-refractivity contribution in [2.45, 2.75) is 56.6 Å². The van der Waals surface area contributed by atoms with Crippen molar-refractivity contribution in [2.24, 2.45) is 5.92 Å². The van der Waals surface area contributed by atoms with Crippen LogP contribution in [0.15, 0.2) is 30.3 Å². The topological polar surface area (TPSA) is 63.2 Å². The van der Waals surface area contributed by atoms with Gasteiger partial charge in [0, 0.05) is 7.11 Å². The van der Waals surface area contributed by atoms with Crippen LogP contribution in [0.25, 0.3) is 0 Å².